The van der Waals surface area contributed by atoms with Gasteiger partial charge in [0.15, 0.2) is 0 Å². The highest BCUT2D eigenvalue weighted by atomic mass is 19.1. The molecular weight excluding hydrogens is 233 g/mol. The Morgan fingerprint density at radius 2 is 2.17 bits per heavy atom. The molecule has 18 heavy (non-hydrogen) atoms. The first-order valence-electron chi connectivity index (χ1n) is 6.28. The minimum atomic E-state index is -0.206. The maximum atomic E-state index is 13.5. The molecule has 1 N–H and O–H groups in total. The number of rotatable bonds is 7. The van der Waals surface area contributed by atoms with Crippen LogP contribution in [0.5, 0.6) is 0 Å². The summed E-state index contributed by atoms with van der Waals surface area (Å²) in [7, 11) is 0. The zero-order valence-corrected chi connectivity index (χ0v) is 10.9. The van der Waals surface area contributed by atoms with E-state index in [1.807, 2.05) is 13.0 Å². The van der Waals surface area contributed by atoms with Crippen LogP contribution in [0.4, 0.5) is 4.39 Å². The third-order valence-corrected chi connectivity index (χ3v) is 2.69. The Hall–Kier alpha value is -1.42. The van der Waals surface area contributed by atoms with Gasteiger partial charge in [-0.25, -0.2) is 4.39 Å². The van der Waals surface area contributed by atoms with Gasteiger partial charge in [0.2, 0.25) is 0 Å². The van der Waals surface area contributed by atoms with Crippen molar-refractivity contribution in [2.45, 2.75) is 32.7 Å². The van der Waals surface area contributed by atoms with Crippen LogP contribution >= 0.6 is 0 Å². The predicted octanol–water partition coefficient (Wildman–Crippen LogP) is 2.82. The van der Waals surface area contributed by atoms with Crippen molar-refractivity contribution < 1.29 is 13.9 Å². The minimum absolute atomic E-state index is 0.0617. The molecule has 0 aromatic heterocycles. The fourth-order valence-corrected chi connectivity index (χ4v) is 1.72. The summed E-state index contributed by atoms with van der Waals surface area (Å²) in [6, 6.07) is 6.64. The maximum absolute atomic E-state index is 13.5. The second-order valence-corrected chi connectivity index (χ2v) is 4.11. The van der Waals surface area contributed by atoms with Crippen molar-refractivity contribution in [3.8, 4) is 0 Å². The number of hydrogen-bond acceptors (Lipinski definition) is 3. The minimum Gasteiger partial charge on any atom is -0.466 e. The van der Waals surface area contributed by atoms with Crippen LogP contribution < -0.4 is 5.32 Å². The van der Waals surface area contributed by atoms with Crippen molar-refractivity contribution in [1.29, 1.82) is 0 Å². The number of nitrogens with one attached hydrogen (secondary N) is 1. The summed E-state index contributed by atoms with van der Waals surface area (Å²) in [6.07, 6.45) is 1.09. The third kappa shape index (κ3) is 4.84. The SMILES string of the molecule is CCOC(=O)CCCNC(C)c1ccccc1F. The summed E-state index contributed by atoms with van der Waals surface area (Å²) < 4.78 is 18.3. The molecule has 0 bridgehead atoms. The van der Waals surface area contributed by atoms with Gasteiger partial charge in [-0.1, -0.05) is 18.2 Å². The Bertz CT molecular complexity index is 382. The second-order valence-electron chi connectivity index (χ2n) is 4.11. The molecule has 0 saturated heterocycles. The molecule has 1 unspecified atom stereocenters. The summed E-state index contributed by atoms with van der Waals surface area (Å²) >= 11 is 0. The number of esters is 1. The molecule has 0 fully saturated rings. The smallest absolute Gasteiger partial charge is 0.305 e. The van der Waals surface area contributed by atoms with Gasteiger partial charge >= 0.3 is 5.97 Å². The van der Waals surface area contributed by atoms with Gasteiger partial charge in [-0.15, -0.1) is 0 Å². The quantitative estimate of drug-likeness (QED) is 0.600. The number of halogens is 1. The molecular formula is C14H20FNO2. The lowest BCUT2D eigenvalue weighted by Crippen LogP contribution is -2.21. The Balaban J connectivity index is 2.28. The molecule has 0 aliphatic carbocycles. The molecule has 0 amide bonds. The van der Waals surface area contributed by atoms with Gasteiger partial charge in [-0.2, -0.15) is 0 Å². The van der Waals surface area contributed by atoms with Gasteiger partial charge in [0.1, 0.15) is 5.82 Å². The molecule has 0 aliphatic heterocycles. The second kappa shape index (κ2) is 7.82. The van der Waals surface area contributed by atoms with Crippen LogP contribution in [-0.4, -0.2) is 19.1 Å². The molecule has 0 spiro atoms. The number of hydrogen-bond donors (Lipinski definition) is 1. The van der Waals surface area contributed by atoms with Crippen LogP contribution in [0.2, 0.25) is 0 Å². The molecule has 0 radical (unpaired) electrons. The van der Waals surface area contributed by atoms with E-state index in [4.69, 9.17) is 4.74 Å². The Kier molecular flexibility index (Phi) is 6.36. The Labute approximate surface area is 107 Å². The lowest BCUT2D eigenvalue weighted by atomic mass is 10.1. The van der Waals surface area contributed by atoms with E-state index in [0.717, 1.165) is 0 Å². The first kappa shape index (κ1) is 14.6. The molecule has 0 saturated carbocycles. The lowest BCUT2D eigenvalue weighted by Gasteiger charge is -2.14. The normalized spacial score (nSPS) is 12.2. The van der Waals surface area contributed by atoms with Gasteiger partial charge in [-0.3, -0.25) is 4.79 Å². The summed E-state index contributed by atoms with van der Waals surface area (Å²) in [5, 5.41) is 3.19. The van der Waals surface area contributed by atoms with Crippen molar-refractivity contribution in [2.75, 3.05) is 13.2 Å². The van der Waals surface area contributed by atoms with Crippen molar-refractivity contribution in [3.05, 3.63) is 35.6 Å². The van der Waals surface area contributed by atoms with Gasteiger partial charge < -0.3 is 10.1 Å². The molecule has 0 heterocycles. The van der Waals surface area contributed by atoms with Crippen molar-refractivity contribution in [1.82, 2.24) is 5.32 Å². The maximum Gasteiger partial charge on any atom is 0.305 e. The van der Waals surface area contributed by atoms with E-state index in [2.05, 4.69) is 5.32 Å². The Morgan fingerprint density at radius 3 is 2.83 bits per heavy atom. The molecule has 1 aromatic rings. The van der Waals surface area contributed by atoms with Crippen molar-refractivity contribution >= 4 is 5.97 Å². The largest absolute Gasteiger partial charge is 0.466 e. The van der Waals surface area contributed by atoms with Gasteiger partial charge in [0, 0.05) is 18.0 Å². The number of carbonyl (C=O) groups excluding carboxylic acids is 1. The molecule has 0 aliphatic rings. The first-order chi connectivity index (χ1) is 8.65. The van der Waals surface area contributed by atoms with Crippen LogP contribution in [0.1, 0.15) is 38.3 Å². The molecule has 1 rings (SSSR count). The summed E-state index contributed by atoms with van der Waals surface area (Å²) in [6.45, 7) is 4.77. The van der Waals surface area contributed by atoms with Crippen LogP contribution in [-0.2, 0) is 9.53 Å². The van der Waals surface area contributed by atoms with Crippen LogP contribution in [0.15, 0.2) is 24.3 Å². The van der Waals surface area contributed by atoms with Gasteiger partial charge in [-0.05, 0) is 32.9 Å². The van der Waals surface area contributed by atoms with E-state index >= 15 is 0 Å². The third-order valence-electron chi connectivity index (χ3n) is 2.69. The first-order valence-corrected chi connectivity index (χ1v) is 6.28. The van der Waals surface area contributed by atoms with E-state index in [1.165, 1.54) is 6.07 Å². The van der Waals surface area contributed by atoms with Crippen LogP contribution in [0, 0.1) is 5.82 Å². The summed E-state index contributed by atoms with van der Waals surface area (Å²) in [5.74, 6) is -0.388. The number of carbonyl (C=O) groups is 1. The average molecular weight is 253 g/mol. The van der Waals surface area contributed by atoms with Gasteiger partial charge in [0.05, 0.1) is 6.61 Å². The molecule has 3 nitrogen and oxygen atoms in total. The van der Waals surface area contributed by atoms with E-state index < -0.39 is 0 Å². The highest BCUT2D eigenvalue weighted by Gasteiger charge is 2.09. The van der Waals surface area contributed by atoms with Crippen molar-refractivity contribution in [2.24, 2.45) is 0 Å². The average Bonchev–Trinajstić information content (AvgIpc) is 2.35. The summed E-state index contributed by atoms with van der Waals surface area (Å²) in [5.41, 5.74) is 0.647. The topological polar surface area (TPSA) is 38.3 Å². The molecule has 1 aromatic carbocycles. The fourth-order valence-electron chi connectivity index (χ4n) is 1.72. The lowest BCUT2D eigenvalue weighted by molar-refractivity contribution is -0.143. The van der Waals surface area contributed by atoms with Crippen LogP contribution in [0.3, 0.4) is 0 Å². The predicted molar refractivity (Wildman–Crippen MR) is 68.7 cm³/mol. The highest BCUT2D eigenvalue weighted by molar-refractivity contribution is 5.69. The van der Waals surface area contributed by atoms with Crippen LogP contribution in [0.25, 0.3) is 0 Å². The van der Waals surface area contributed by atoms with E-state index in [-0.39, 0.29) is 17.8 Å². The van der Waals surface area contributed by atoms with Crippen molar-refractivity contribution in [3.63, 3.8) is 0 Å². The molecule has 4 heteroatoms. The number of ether oxygens (including phenoxy) is 1. The highest BCUT2D eigenvalue weighted by Crippen LogP contribution is 2.15. The Morgan fingerprint density at radius 1 is 1.44 bits per heavy atom. The zero-order chi connectivity index (χ0) is 13.4. The molecule has 1 atom stereocenters. The zero-order valence-electron chi connectivity index (χ0n) is 10.9. The number of benzene rings is 1. The monoisotopic (exact) mass is 253 g/mol. The molecule has 100 valence electrons. The van der Waals surface area contributed by atoms with Gasteiger partial charge in [0.25, 0.3) is 0 Å². The van der Waals surface area contributed by atoms with E-state index in [9.17, 15) is 9.18 Å². The summed E-state index contributed by atoms with van der Waals surface area (Å²) in [4.78, 5) is 11.1. The van der Waals surface area contributed by atoms with E-state index in [1.54, 1.807) is 19.1 Å². The fraction of sp³-hybridized carbons (Fsp3) is 0.500. The van der Waals surface area contributed by atoms with E-state index in [0.29, 0.717) is 31.6 Å². The standard InChI is InChI=1S/C14H20FNO2/c1-3-18-14(17)9-6-10-16-11(2)12-7-4-5-8-13(12)15/h4-5,7-8,11,16H,3,6,9-10H2,1-2H3.